The quantitative estimate of drug-likeness (QED) is 0.588. The Hall–Kier alpha value is -3.40. The summed E-state index contributed by atoms with van der Waals surface area (Å²) in [6, 6.07) is 11.5. The highest BCUT2D eigenvalue weighted by Gasteiger charge is 2.48. The summed E-state index contributed by atoms with van der Waals surface area (Å²) in [5.74, 6) is -0.247. The van der Waals surface area contributed by atoms with Crippen LogP contribution in [-0.4, -0.2) is 34.4 Å². The second-order valence-corrected chi connectivity index (χ2v) is 6.90. The van der Waals surface area contributed by atoms with Crippen LogP contribution in [0.25, 0.3) is 11.5 Å². The van der Waals surface area contributed by atoms with Gasteiger partial charge in [-0.3, -0.25) is 4.79 Å². The van der Waals surface area contributed by atoms with Crippen LogP contribution in [0.15, 0.2) is 52.9 Å². The van der Waals surface area contributed by atoms with Gasteiger partial charge < -0.3 is 20.2 Å². The number of hydrogen-bond donors (Lipinski definition) is 3. The molecule has 4 rings (SSSR count). The fraction of sp³-hybridized carbons (Fsp3) is 0.250. The zero-order valence-electron chi connectivity index (χ0n) is 15.5. The summed E-state index contributed by atoms with van der Waals surface area (Å²) < 4.78 is 44.0. The molecule has 0 saturated carbocycles. The molecule has 0 bridgehead atoms. The number of nitrogens with zero attached hydrogens (tertiary/aromatic N) is 2. The third-order valence-corrected chi connectivity index (χ3v) is 5.02. The Morgan fingerprint density at radius 1 is 1.13 bits per heavy atom. The van der Waals surface area contributed by atoms with Crippen molar-refractivity contribution < 1.29 is 27.5 Å². The van der Waals surface area contributed by atoms with Crippen LogP contribution >= 0.6 is 0 Å². The van der Waals surface area contributed by atoms with Crippen molar-refractivity contribution in [3.05, 3.63) is 60.0 Å². The first-order chi connectivity index (χ1) is 14.3. The number of anilines is 2. The molecular formula is C20H17F3N4O3. The largest absolute Gasteiger partial charge is 0.419 e. The SMILES string of the molecule is O=C1NCC[C@]1(CO)c1nnc(-c2ccccc2Nc2ccc(C(F)(F)F)cc2)o1. The van der Waals surface area contributed by atoms with E-state index in [4.69, 9.17) is 4.42 Å². The van der Waals surface area contributed by atoms with Crippen molar-refractivity contribution >= 4 is 17.3 Å². The molecule has 1 aliphatic rings. The second-order valence-electron chi connectivity index (χ2n) is 6.90. The van der Waals surface area contributed by atoms with E-state index in [1.165, 1.54) is 12.1 Å². The third kappa shape index (κ3) is 3.50. The lowest BCUT2D eigenvalue weighted by Gasteiger charge is -2.18. The number of aromatic nitrogens is 2. The Bertz CT molecular complexity index is 1070. The van der Waals surface area contributed by atoms with E-state index in [0.717, 1.165) is 12.1 Å². The maximum absolute atomic E-state index is 12.8. The van der Waals surface area contributed by atoms with Gasteiger partial charge in [-0.05, 0) is 42.8 Å². The Labute approximate surface area is 168 Å². The number of aliphatic hydroxyl groups is 1. The van der Waals surface area contributed by atoms with Gasteiger partial charge in [-0.15, -0.1) is 10.2 Å². The van der Waals surface area contributed by atoms with Crippen molar-refractivity contribution in [1.29, 1.82) is 0 Å². The molecular weight excluding hydrogens is 401 g/mol. The van der Waals surface area contributed by atoms with Crippen molar-refractivity contribution in [2.24, 2.45) is 0 Å². The van der Waals surface area contributed by atoms with Gasteiger partial charge in [-0.25, -0.2) is 0 Å². The minimum atomic E-state index is -4.41. The summed E-state index contributed by atoms with van der Waals surface area (Å²) in [7, 11) is 0. The summed E-state index contributed by atoms with van der Waals surface area (Å²) in [5, 5.41) is 23.4. The molecule has 10 heteroatoms. The normalized spacial score (nSPS) is 19.0. The number of alkyl halides is 3. The molecule has 1 atom stereocenters. The summed E-state index contributed by atoms with van der Waals surface area (Å²) in [5.41, 5.74) is -0.547. The molecule has 1 aliphatic heterocycles. The van der Waals surface area contributed by atoms with Crippen molar-refractivity contribution in [3.8, 4) is 11.5 Å². The predicted octanol–water partition coefficient (Wildman–Crippen LogP) is 3.25. The molecule has 0 spiro atoms. The predicted molar refractivity (Wildman–Crippen MR) is 101 cm³/mol. The monoisotopic (exact) mass is 418 g/mol. The number of rotatable bonds is 5. The summed E-state index contributed by atoms with van der Waals surface area (Å²) in [4.78, 5) is 12.2. The summed E-state index contributed by atoms with van der Waals surface area (Å²) in [6.07, 6.45) is -4.08. The molecule has 7 nitrogen and oxygen atoms in total. The van der Waals surface area contributed by atoms with E-state index in [1.54, 1.807) is 24.3 Å². The zero-order valence-corrected chi connectivity index (χ0v) is 15.5. The van der Waals surface area contributed by atoms with E-state index in [-0.39, 0.29) is 17.7 Å². The highest BCUT2D eigenvalue weighted by Crippen LogP contribution is 2.35. The average molecular weight is 418 g/mol. The van der Waals surface area contributed by atoms with Crippen LogP contribution in [0.1, 0.15) is 17.9 Å². The Morgan fingerprint density at radius 2 is 1.87 bits per heavy atom. The van der Waals surface area contributed by atoms with E-state index in [0.29, 0.717) is 29.9 Å². The van der Waals surface area contributed by atoms with Crippen LogP contribution in [-0.2, 0) is 16.4 Å². The second kappa shape index (κ2) is 7.45. The highest BCUT2D eigenvalue weighted by atomic mass is 19.4. The molecule has 1 amide bonds. The smallest absolute Gasteiger partial charge is 0.416 e. The van der Waals surface area contributed by atoms with Crippen LogP contribution in [0.2, 0.25) is 0 Å². The maximum Gasteiger partial charge on any atom is 0.416 e. The lowest BCUT2D eigenvalue weighted by molar-refractivity contribution is -0.137. The number of carbonyl (C=O) groups is 1. The van der Waals surface area contributed by atoms with E-state index in [1.807, 2.05) is 0 Å². The van der Waals surface area contributed by atoms with E-state index >= 15 is 0 Å². The molecule has 2 heterocycles. The fourth-order valence-electron chi connectivity index (χ4n) is 3.30. The number of benzene rings is 2. The molecule has 3 aromatic rings. The number of hydrogen-bond acceptors (Lipinski definition) is 6. The number of carbonyl (C=O) groups excluding carboxylic acids is 1. The van der Waals surface area contributed by atoms with Gasteiger partial charge in [0.05, 0.1) is 23.4 Å². The standard InChI is InChI=1S/C20H17F3N4O3/c21-20(22,23)12-5-7-13(8-6-12)25-15-4-2-1-3-14(15)16-26-27-18(30-16)19(11-28)9-10-24-17(19)29/h1-8,25,28H,9-11H2,(H,24,29)/t19-/m1/s1. The molecule has 1 aromatic heterocycles. The van der Waals surface area contributed by atoms with Crippen LogP contribution in [0, 0.1) is 0 Å². The molecule has 0 radical (unpaired) electrons. The minimum Gasteiger partial charge on any atom is -0.419 e. The molecule has 156 valence electrons. The molecule has 2 aromatic carbocycles. The van der Waals surface area contributed by atoms with Crippen LogP contribution in [0.3, 0.4) is 0 Å². The molecule has 3 N–H and O–H groups in total. The Morgan fingerprint density at radius 3 is 2.50 bits per heavy atom. The topological polar surface area (TPSA) is 100 Å². The van der Waals surface area contributed by atoms with Crippen LogP contribution in [0.5, 0.6) is 0 Å². The first kappa shape index (κ1) is 19.9. The molecule has 1 saturated heterocycles. The molecule has 30 heavy (non-hydrogen) atoms. The zero-order chi connectivity index (χ0) is 21.4. The maximum atomic E-state index is 12.8. The van der Waals surface area contributed by atoms with Gasteiger partial charge in [0, 0.05) is 12.2 Å². The first-order valence-electron chi connectivity index (χ1n) is 9.10. The number of halogens is 3. The van der Waals surface area contributed by atoms with Gasteiger partial charge in [0.1, 0.15) is 0 Å². The van der Waals surface area contributed by atoms with Gasteiger partial charge in [-0.2, -0.15) is 13.2 Å². The lowest BCUT2D eigenvalue weighted by atomic mass is 9.87. The van der Waals surface area contributed by atoms with E-state index in [2.05, 4.69) is 20.8 Å². The van der Waals surface area contributed by atoms with Gasteiger partial charge in [0.2, 0.25) is 17.7 Å². The van der Waals surface area contributed by atoms with Crippen molar-refractivity contribution in [3.63, 3.8) is 0 Å². The van der Waals surface area contributed by atoms with Crippen molar-refractivity contribution in [1.82, 2.24) is 15.5 Å². The van der Waals surface area contributed by atoms with Crippen LogP contribution < -0.4 is 10.6 Å². The summed E-state index contributed by atoms with van der Waals surface area (Å²) in [6.45, 7) is -0.0743. The Kier molecular flexibility index (Phi) is 4.94. The molecule has 0 unspecified atom stereocenters. The molecule has 0 aliphatic carbocycles. The Balaban J connectivity index is 1.63. The van der Waals surface area contributed by atoms with E-state index < -0.39 is 23.8 Å². The van der Waals surface area contributed by atoms with Gasteiger partial charge in [0.15, 0.2) is 5.41 Å². The van der Waals surface area contributed by atoms with Crippen molar-refractivity contribution in [2.45, 2.75) is 18.0 Å². The number of amides is 1. The number of para-hydroxylation sites is 1. The lowest BCUT2D eigenvalue weighted by Crippen LogP contribution is -2.39. The first-order valence-corrected chi connectivity index (χ1v) is 9.10. The third-order valence-electron chi connectivity index (χ3n) is 5.02. The van der Waals surface area contributed by atoms with Crippen molar-refractivity contribution in [2.75, 3.05) is 18.5 Å². The number of nitrogens with one attached hydrogen (secondary N) is 2. The molecule has 1 fully saturated rings. The fourth-order valence-corrected chi connectivity index (χ4v) is 3.30. The highest BCUT2D eigenvalue weighted by molar-refractivity contribution is 5.89. The van der Waals surface area contributed by atoms with E-state index in [9.17, 15) is 23.1 Å². The number of aliphatic hydroxyl groups excluding tert-OH is 1. The summed E-state index contributed by atoms with van der Waals surface area (Å²) >= 11 is 0. The van der Waals surface area contributed by atoms with Gasteiger partial charge in [-0.1, -0.05) is 12.1 Å². The minimum absolute atomic E-state index is 0.0133. The van der Waals surface area contributed by atoms with Gasteiger partial charge >= 0.3 is 6.18 Å². The average Bonchev–Trinajstić information content (AvgIpc) is 3.35. The van der Waals surface area contributed by atoms with Crippen LogP contribution in [0.4, 0.5) is 24.5 Å². The van der Waals surface area contributed by atoms with Gasteiger partial charge in [0.25, 0.3) is 0 Å².